The first kappa shape index (κ1) is 23.3. The van der Waals surface area contributed by atoms with Crippen LogP contribution in [-0.2, 0) is 9.59 Å². The Morgan fingerprint density at radius 2 is 1.50 bits per heavy atom. The summed E-state index contributed by atoms with van der Waals surface area (Å²) in [5.41, 5.74) is 0.429. The number of rotatable bonds is 10. The van der Waals surface area contributed by atoms with Gasteiger partial charge in [0.15, 0.2) is 17.3 Å². The average molecular weight is 459 g/mol. The highest BCUT2D eigenvalue weighted by Crippen LogP contribution is 2.34. The molecule has 0 aromatic heterocycles. The van der Waals surface area contributed by atoms with Crippen molar-refractivity contribution in [1.82, 2.24) is 4.90 Å². The van der Waals surface area contributed by atoms with Gasteiger partial charge in [-0.3, -0.25) is 14.4 Å². The van der Waals surface area contributed by atoms with Crippen LogP contribution in [0.1, 0.15) is 37.0 Å². The van der Waals surface area contributed by atoms with Gasteiger partial charge < -0.3 is 9.47 Å². The second-order valence-electron chi connectivity index (χ2n) is 7.07. The molecule has 0 radical (unpaired) electrons. The largest absolute Gasteiger partial charge is 0.490 e. The number of nitrogens with zero attached hydrogens (tertiary/aromatic N) is 2. The maximum atomic E-state index is 12.9. The van der Waals surface area contributed by atoms with Gasteiger partial charge >= 0.3 is 17.8 Å². The Labute approximate surface area is 190 Å². The molecule has 1 saturated heterocycles. The molecule has 3 rings (SSSR count). The smallest absolute Gasteiger partial charge is 0.339 e. The van der Waals surface area contributed by atoms with E-state index in [0.29, 0.717) is 34.6 Å². The maximum Gasteiger partial charge on any atom is 0.339 e. The normalized spacial score (nSPS) is 13.7. The molecule has 0 unspecified atom stereocenters. The van der Waals surface area contributed by atoms with Crippen LogP contribution in [0.15, 0.2) is 42.5 Å². The molecule has 0 spiro atoms. The molecule has 168 valence electrons. The number of hydrogen-bond donors (Lipinski definition) is 0. The van der Waals surface area contributed by atoms with E-state index in [1.54, 1.807) is 6.07 Å². The Balaban J connectivity index is 1.84. The van der Waals surface area contributed by atoms with Crippen LogP contribution in [-0.4, -0.2) is 48.3 Å². The lowest BCUT2D eigenvalue weighted by molar-refractivity contribution is -0.139. The van der Waals surface area contributed by atoms with Crippen molar-refractivity contribution in [2.75, 3.05) is 24.7 Å². The van der Waals surface area contributed by atoms with Crippen LogP contribution in [0, 0.1) is 0 Å². The van der Waals surface area contributed by atoms with Gasteiger partial charge in [0, 0.05) is 16.7 Å². The number of urea groups is 1. The first-order chi connectivity index (χ1) is 15.4. The zero-order valence-electron chi connectivity index (χ0n) is 17.8. The molecule has 2 aromatic rings. The SMILES string of the molecule is CCCOc1ccc(N2C(=O)C(=O)N(CC(=O)c3ccc(Cl)cc3)C2=O)cc1OCCC. The number of benzene rings is 2. The molecule has 1 aliphatic heterocycles. The van der Waals surface area contributed by atoms with E-state index in [9.17, 15) is 19.2 Å². The fourth-order valence-electron chi connectivity index (χ4n) is 3.04. The van der Waals surface area contributed by atoms with E-state index >= 15 is 0 Å². The van der Waals surface area contributed by atoms with Gasteiger partial charge in [0.05, 0.1) is 25.4 Å². The number of amides is 4. The lowest BCUT2D eigenvalue weighted by atomic mass is 10.1. The Kier molecular flexibility index (Phi) is 7.48. The van der Waals surface area contributed by atoms with E-state index in [-0.39, 0.29) is 11.3 Å². The second kappa shape index (κ2) is 10.3. The van der Waals surface area contributed by atoms with Gasteiger partial charge in [-0.15, -0.1) is 0 Å². The third-order valence-electron chi connectivity index (χ3n) is 4.63. The molecule has 0 aliphatic carbocycles. The third-order valence-corrected chi connectivity index (χ3v) is 4.88. The van der Waals surface area contributed by atoms with Crippen molar-refractivity contribution in [2.45, 2.75) is 26.7 Å². The quantitative estimate of drug-likeness (QED) is 0.302. The number of imide groups is 2. The summed E-state index contributed by atoms with van der Waals surface area (Å²) in [6.45, 7) is 4.24. The number of carbonyl (C=O) groups is 4. The Hall–Kier alpha value is -3.39. The molecule has 0 N–H and O–H groups in total. The van der Waals surface area contributed by atoms with Crippen molar-refractivity contribution in [2.24, 2.45) is 0 Å². The second-order valence-corrected chi connectivity index (χ2v) is 7.51. The summed E-state index contributed by atoms with van der Waals surface area (Å²) in [5.74, 6) is -1.76. The van der Waals surface area contributed by atoms with E-state index in [1.807, 2.05) is 13.8 Å². The van der Waals surface area contributed by atoms with Crippen molar-refractivity contribution >= 4 is 40.9 Å². The number of halogens is 1. The molecule has 0 atom stereocenters. The number of hydrogen-bond acceptors (Lipinski definition) is 6. The van der Waals surface area contributed by atoms with Gasteiger partial charge in [0.25, 0.3) is 0 Å². The average Bonchev–Trinajstić information content (AvgIpc) is 3.00. The monoisotopic (exact) mass is 458 g/mol. The van der Waals surface area contributed by atoms with Gasteiger partial charge in [0.1, 0.15) is 0 Å². The number of anilines is 1. The third kappa shape index (κ3) is 4.91. The Bertz CT molecular complexity index is 1040. The van der Waals surface area contributed by atoms with Gasteiger partial charge in [-0.2, -0.15) is 0 Å². The van der Waals surface area contributed by atoms with Crippen molar-refractivity contribution in [3.63, 3.8) is 0 Å². The number of carbonyl (C=O) groups excluding carboxylic acids is 4. The Morgan fingerprint density at radius 1 is 0.875 bits per heavy atom. The standard InChI is InChI=1S/C23H23ClN2O6/c1-3-11-31-19-10-9-17(13-20(19)32-12-4-2)26-22(29)21(28)25(23(26)30)14-18(27)15-5-7-16(24)8-6-15/h5-10,13H,3-4,11-12,14H2,1-2H3. The van der Waals surface area contributed by atoms with E-state index in [4.69, 9.17) is 21.1 Å². The highest BCUT2D eigenvalue weighted by Gasteiger charge is 2.46. The summed E-state index contributed by atoms with van der Waals surface area (Å²) in [4.78, 5) is 51.8. The van der Waals surface area contributed by atoms with E-state index < -0.39 is 30.2 Å². The number of ketones is 1. The van der Waals surface area contributed by atoms with Crippen LogP contribution >= 0.6 is 11.6 Å². The maximum absolute atomic E-state index is 12.9. The molecule has 9 heteroatoms. The predicted octanol–water partition coefficient (Wildman–Crippen LogP) is 4.10. The lowest BCUT2D eigenvalue weighted by Gasteiger charge is -2.18. The molecule has 1 heterocycles. The van der Waals surface area contributed by atoms with Crippen molar-refractivity contribution in [3.8, 4) is 11.5 Å². The first-order valence-electron chi connectivity index (χ1n) is 10.3. The van der Waals surface area contributed by atoms with E-state index in [2.05, 4.69) is 0 Å². The van der Waals surface area contributed by atoms with Crippen molar-refractivity contribution in [1.29, 1.82) is 0 Å². The van der Waals surface area contributed by atoms with E-state index in [1.165, 1.54) is 36.4 Å². The zero-order chi connectivity index (χ0) is 23.3. The predicted molar refractivity (Wildman–Crippen MR) is 118 cm³/mol. The molecule has 4 amide bonds. The highest BCUT2D eigenvalue weighted by atomic mass is 35.5. The minimum absolute atomic E-state index is 0.157. The molecule has 1 fully saturated rings. The van der Waals surface area contributed by atoms with Crippen LogP contribution in [0.2, 0.25) is 5.02 Å². The lowest BCUT2D eigenvalue weighted by Crippen LogP contribution is -2.37. The highest BCUT2D eigenvalue weighted by molar-refractivity contribution is 6.53. The minimum Gasteiger partial charge on any atom is -0.490 e. The Morgan fingerprint density at radius 3 is 2.12 bits per heavy atom. The molecule has 0 bridgehead atoms. The molecular weight excluding hydrogens is 436 g/mol. The summed E-state index contributed by atoms with van der Waals surface area (Å²) in [5, 5.41) is 0.448. The molecule has 0 saturated carbocycles. The van der Waals surface area contributed by atoms with E-state index in [0.717, 1.165) is 17.7 Å². The summed E-state index contributed by atoms with van der Waals surface area (Å²) >= 11 is 5.82. The fraction of sp³-hybridized carbons (Fsp3) is 0.304. The molecule has 32 heavy (non-hydrogen) atoms. The summed E-state index contributed by atoms with van der Waals surface area (Å²) in [6.07, 6.45) is 1.54. The molecular formula is C23H23ClN2O6. The molecule has 8 nitrogen and oxygen atoms in total. The van der Waals surface area contributed by atoms with Gasteiger partial charge in [-0.1, -0.05) is 25.4 Å². The number of Topliss-reactive ketones (excluding diaryl/α,β-unsaturated/α-hetero) is 1. The van der Waals surface area contributed by atoms with Crippen LogP contribution in [0.25, 0.3) is 0 Å². The molecule has 2 aromatic carbocycles. The summed E-state index contributed by atoms with van der Waals surface area (Å²) in [6, 6.07) is 9.70. The first-order valence-corrected chi connectivity index (χ1v) is 10.6. The van der Waals surface area contributed by atoms with Gasteiger partial charge in [0.2, 0.25) is 0 Å². The zero-order valence-corrected chi connectivity index (χ0v) is 18.6. The van der Waals surface area contributed by atoms with Gasteiger partial charge in [-0.05, 0) is 49.2 Å². The van der Waals surface area contributed by atoms with Crippen molar-refractivity contribution < 1.29 is 28.7 Å². The summed E-state index contributed by atoms with van der Waals surface area (Å²) in [7, 11) is 0. The van der Waals surface area contributed by atoms with Crippen LogP contribution in [0.4, 0.5) is 10.5 Å². The van der Waals surface area contributed by atoms with Crippen molar-refractivity contribution in [3.05, 3.63) is 53.1 Å². The van der Waals surface area contributed by atoms with Crippen LogP contribution in [0.3, 0.4) is 0 Å². The number of ether oxygens (including phenoxy) is 2. The fourth-order valence-corrected chi connectivity index (χ4v) is 3.16. The topological polar surface area (TPSA) is 93.2 Å². The summed E-state index contributed by atoms with van der Waals surface area (Å²) < 4.78 is 11.4. The molecule has 1 aliphatic rings. The van der Waals surface area contributed by atoms with Gasteiger partial charge in [-0.25, -0.2) is 14.6 Å². The van der Waals surface area contributed by atoms with Crippen LogP contribution in [0.5, 0.6) is 11.5 Å². The van der Waals surface area contributed by atoms with Crippen LogP contribution < -0.4 is 14.4 Å². The minimum atomic E-state index is -1.07.